The smallest absolute Gasteiger partial charge is 0.0909 e. The van der Waals surface area contributed by atoms with Gasteiger partial charge in [0.25, 0.3) is 0 Å². The average Bonchev–Trinajstić information content (AvgIpc) is 2.63. The first-order valence-corrected chi connectivity index (χ1v) is 5.95. The van der Waals surface area contributed by atoms with Crippen LogP contribution in [0.4, 0.5) is 0 Å². The minimum atomic E-state index is -0.316. The zero-order chi connectivity index (χ0) is 13.1. The fourth-order valence-electron chi connectivity index (χ4n) is 1.44. The number of methoxy groups -OCH3 is 1. The molecule has 1 aromatic rings. The van der Waals surface area contributed by atoms with Gasteiger partial charge in [0.1, 0.15) is 0 Å². The topological polar surface area (TPSA) is 36.3 Å². The first-order chi connectivity index (χ1) is 7.78. The quantitative estimate of drug-likeness (QED) is 0.764. The van der Waals surface area contributed by atoms with Crippen LogP contribution < -0.4 is 0 Å². The van der Waals surface area contributed by atoms with Crippen molar-refractivity contribution < 1.29 is 9.47 Å². The Bertz CT molecular complexity index is 356. The molecule has 1 heterocycles. The van der Waals surface area contributed by atoms with Gasteiger partial charge in [-0.05, 0) is 39.7 Å². The number of aromatic nitrogens is 2. The highest BCUT2D eigenvalue weighted by Gasteiger charge is 2.38. The Morgan fingerprint density at radius 2 is 1.88 bits per heavy atom. The van der Waals surface area contributed by atoms with Gasteiger partial charge in [0.05, 0.1) is 24.0 Å². The highest BCUT2D eigenvalue weighted by Crippen LogP contribution is 2.28. The van der Waals surface area contributed by atoms with Crippen LogP contribution >= 0.6 is 0 Å². The Kier molecular flexibility index (Phi) is 4.33. The first-order valence-electron chi connectivity index (χ1n) is 5.95. The zero-order valence-corrected chi connectivity index (χ0v) is 11.8. The molecule has 0 saturated heterocycles. The van der Waals surface area contributed by atoms with Crippen LogP contribution in [0.25, 0.3) is 0 Å². The number of nitrogens with zero attached hydrogens (tertiary/aromatic N) is 2. The van der Waals surface area contributed by atoms with Crippen molar-refractivity contribution >= 4 is 0 Å². The van der Waals surface area contributed by atoms with Crippen LogP contribution in [0.2, 0.25) is 0 Å². The number of ether oxygens (including phenoxy) is 2. The summed E-state index contributed by atoms with van der Waals surface area (Å²) in [4.78, 5) is 0. The number of hydrogen-bond acceptors (Lipinski definition) is 3. The van der Waals surface area contributed by atoms with Gasteiger partial charge in [0, 0.05) is 20.4 Å². The Balaban J connectivity index is 2.45. The highest BCUT2D eigenvalue weighted by atomic mass is 16.6. The van der Waals surface area contributed by atoms with Crippen molar-refractivity contribution in [2.24, 2.45) is 7.05 Å². The molecule has 1 aromatic heterocycles. The van der Waals surface area contributed by atoms with Crippen LogP contribution in [-0.4, -0.2) is 34.7 Å². The van der Waals surface area contributed by atoms with Crippen molar-refractivity contribution in [3.8, 4) is 0 Å². The summed E-state index contributed by atoms with van der Waals surface area (Å²) in [5.74, 6) is 0. The summed E-state index contributed by atoms with van der Waals surface area (Å²) in [6.45, 7) is 8.86. The highest BCUT2D eigenvalue weighted by molar-refractivity contribution is 5.03. The molecule has 0 amide bonds. The van der Waals surface area contributed by atoms with E-state index < -0.39 is 0 Å². The molecule has 0 bridgehead atoms. The summed E-state index contributed by atoms with van der Waals surface area (Å²) in [7, 11) is 3.63. The van der Waals surface area contributed by atoms with Crippen LogP contribution in [0.3, 0.4) is 0 Å². The molecular weight excluding hydrogens is 216 g/mol. The van der Waals surface area contributed by atoms with Gasteiger partial charge >= 0.3 is 0 Å². The Labute approximate surface area is 104 Å². The van der Waals surface area contributed by atoms with E-state index in [2.05, 4.69) is 18.9 Å². The second-order valence-corrected chi connectivity index (χ2v) is 5.35. The summed E-state index contributed by atoms with van der Waals surface area (Å²) in [6, 6.07) is 0. The predicted octanol–water partition coefficient (Wildman–Crippen LogP) is 2.18. The third-order valence-electron chi connectivity index (χ3n) is 3.57. The molecule has 0 aromatic carbocycles. The number of hydrogen-bond donors (Lipinski definition) is 0. The molecule has 4 nitrogen and oxygen atoms in total. The molecule has 0 spiro atoms. The van der Waals surface area contributed by atoms with E-state index in [1.807, 2.05) is 33.3 Å². The lowest BCUT2D eigenvalue weighted by atomic mass is 9.89. The van der Waals surface area contributed by atoms with Crippen molar-refractivity contribution in [3.63, 3.8) is 0 Å². The monoisotopic (exact) mass is 240 g/mol. The van der Waals surface area contributed by atoms with Gasteiger partial charge in [-0.1, -0.05) is 0 Å². The third kappa shape index (κ3) is 3.54. The molecule has 0 aliphatic heterocycles. The molecular formula is C13H24N2O2. The van der Waals surface area contributed by atoms with Gasteiger partial charge in [0.15, 0.2) is 0 Å². The maximum absolute atomic E-state index is 5.94. The van der Waals surface area contributed by atoms with Crippen LogP contribution in [-0.2, 0) is 22.9 Å². The molecule has 0 radical (unpaired) electrons. The Morgan fingerprint density at radius 1 is 1.24 bits per heavy atom. The minimum absolute atomic E-state index is 0.304. The summed E-state index contributed by atoms with van der Waals surface area (Å²) in [5, 5.41) is 4.13. The molecule has 4 heteroatoms. The molecule has 0 N–H and O–H groups in total. The van der Waals surface area contributed by atoms with E-state index in [0.29, 0.717) is 6.61 Å². The van der Waals surface area contributed by atoms with Crippen LogP contribution in [0.5, 0.6) is 0 Å². The SMILES string of the molecule is COC(C)(C)C(C)(C)OCCc1cnn(C)c1. The fraction of sp³-hybridized carbons (Fsp3) is 0.769. The lowest BCUT2D eigenvalue weighted by Gasteiger charge is -2.40. The second kappa shape index (κ2) is 5.19. The average molecular weight is 240 g/mol. The van der Waals surface area contributed by atoms with Crippen molar-refractivity contribution in [2.45, 2.75) is 45.3 Å². The molecule has 17 heavy (non-hydrogen) atoms. The van der Waals surface area contributed by atoms with E-state index in [1.165, 1.54) is 5.56 Å². The predicted molar refractivity (Wildman–Crippen MR) is 68.0 cm³/mol. The van der Waals surface area contributed by atoms with Crippen molar-refractivity contribution in [1.29, 1.82) is 0 Å². The standard InChI is InChI=1S/C13H24N2O2/c1-12(2,16-6)13(3,4)17-8-7-11-9-14-15(5)10-11/h9-10H,7-8H2,1-6H3. The van der Waals surface area contributed by atoms with E-state index in [0.717, 1.165) is 6.42 Å². The summed E-state index contributed by atoms with van der Waals surface area (Å²) in [5.41, 5.74) is 0.574. The maximum atomic E-state index is 5.94. The lowest BCUT2D eigenvalue weighted by Crippen LogP contribution is -2.49. The first kappa shape index (κ1) is 14.2. The van der Waals surface area contributed by atoms with Gasteiger partial charge in [0.2, 0.25) is 0 Å². The van der Waals surface area contributed by atoms with Crippen molar-refractivity contribution in [3.05, 3.63) is 18.0 Å². The molecule has 0 saturated carbocycles. The van der Waals surface area contributed by atoms with Gasteiger partial charge in [-0.25, -0.2) is 0 Å². The maximum Gasteiger partial charge on any atom is 0.0909 e. The van der Waals surface area contributed by atoms with Gasteiger partial charge < -0.3 is 9.47 Å². The van der Waals surface area contributed by atoms with Crippen molar-refractivity contribution in [1.82, 2.24) is 9.78 Å². The summed E-state index contributed by atoms with van der Waals surface area (Å²) >= 11 is 0. The Hall–Kier alpha value is -0.870. The van der Waals surface area contributed by atoms with Crippen LogP contribution in [0.1, 0.15) is 33.3 Å². The fourth-order valence-corrected chi connectivity index (χ4v) is 1.44. The number of aryl methyl sites for hydroxylation is 1. The lowest BCUT2D eigenvalue weighted by molar-refractivity contribution is -0.162. The van der Waals surface area contributed by atoms with Gasteiger partial charge in [-0.15, -0.1) is 0 Å². The molecule has 0 aliphatic carbocycles. The van der Waals surface area contributed by atoms with E-state index in [9.17, 15) is 0 Å². The molecule has 1 rings (SSSR count). The molecule has 98 valence electrons. The van der Waals surface area contributed by atoms with E-state index in [-0.39, 0.29) is 11.2 Å². The minimum Gasteiger partial charge on any atom is -0.376 e. The third-order valence-corrected chi connectivity index (χ3v) is 3.57. The largest absolute Gasteiger partial charge is 0.376 e. The normalized spacial score (nSPS) is 13.1. The van der Waals surface area contributed by atoms with E-state index >= 15 is 0 Å². The molecule has 0 atom stereocenters. The summed E-state index contributed by atoms with van der Waals surface area (Å²) < 4.78 is 13.2. The van der Waals surface area contributed by atoms with Gasteiger partial charge in [-0.3, -0.25) is 4.68 Å². The molecule has 0 fully saturated rings. The number of rotatable bonds is 6. The second-order valence-electron chi connectivity index (χ2n) is 5.35. The van der Waals surface area contributed by atoms with Crippen LogP contribution in [0, 0.1) is 0 Å². The van der Waals surface area contributed by atoms with Crippen LogP contribution in [0.15, 0.2) is 12.4 Å². The summed E-state index contributed by atoms with van der Waals surface area (Å²) in [6.07, 6.45) is 4.76. The van der Waals surface area contributed by atoms with Crippen molar-refractivity contribution in [2.75, 3.05) is 13.7 Å². The van der Waals surface area contributed by atoms with Gasteiger partial charge in [-0.2, -0.15) is 5.10 Å². The van der Waals surface area contributed by atoms with E-state index in [1.54, 1.807) is 11.8 Å². The Morgan fingerprint density at radius 3 is 2.35 bits per heavy atom. The molecule has 0 unspecified atom stereocenters. The molecule has 0 aliphatic rings. The zero-order valence-electron chi connectivity index (χ0n) is 11.8. The van der Waals surface area contributed by atoms with E-state index in [4.69, 9.17) is 9.47 Å².